The van der Waals surface area contributed by atoms with E-state index in [2.05, 4.69) is 5.32 Å². The van der Waals surface area contributed by atoms with E-state index in [0.29, 0.717) is 5.56 Å². The van der Waals surface area contributed by atoms with Crippen molar-refractivity contribution >= 4 is 11.9 Å². The maximum absolute atomic E-state index is 13.7. The van der Waals surface area contributed by atoms with Gasteiger partial charge in [0.2, 0.25) is 5.91 Å². The van der Waals surface area contributed by atoms with Crippen molar-refractivity contribution in [1.29, 1.82) is 0 Å². The third kappa shape index (κ3) is 2.77. The normalized spacial score (nSPS) is 23.5. The molecule has 6 heteroatoms. The number of carbonyl (C=O) groups is 2. The summed E-state index contributed by atoms with van der Waals surface area (Å²) in [5.74, 6) is -2.88. The van der Waals surface area contributed by atoms with Crippen LogP contribution >= 0.6 is 0 Å². The summed E-state index contributed by atoms with van der Waals surface area (Å²) >= 11 is 0. The molecule has 0 bridgehead atoms. The number of nitrogens with one attached hydrogen (secondary N) is 1. The molecule has 0 aromatic heterocycles. The van der Waals surface area contributed by atoms with E-state index in [4.69, 9.17) is 9.84 Å². The summed E-state index contributed by atoms with van der Waals surface area (Å²) in [4.78, 5) is 23.4. The van der Waals surface area contributed by atoms with E-state index in [1.165, 1.54) is 19.2 Å². The van der Waals surface area contributed by atoms with Gasteiger partial charge in [0.1, 0.15) is 0 Å². The summed E-state index contributed by atoms with van der Waals surface area (Å²) in [5, 5.41) is 11.9. The molecule has 1 saturated carbocycles. The number of halogens is 1. The van der Waals surface area contributed by atoms with Crippen LogP contribution in [-0.4, -0.2) is 24.1 Å². The fourth-order valence-corrected chi connectivity index (χ4v) is 2.93. The number of hydrogen-bond donors (Lipinski definition) is 2. The zero-order valence-electron chi connectivity index (χ0n) is 13.0. The molecule has 2 rings (SSSR count). The van der Waals surface area contributed by atoms with Crippen LogP contribution in [0.4, 0.5) is 4.39 Å². The van der Waals surface area contributed by atoms with Gasteiger partial charge in [0.25, 0.3) is 0 Å². The molecule has 0 aliphatic heterocycles. The molecule has 0 saturated heterocycles. The Hall–Kier alpha value is -2.11. The predicted octanol–water partition coefficient (Wildman–Crippen LogP) is 2.37. The molecule has 1 amide bonds. The maximum atomic E-state index is 13.7. The predicted molar refractivity (Wildman–Crippen MR) is 77.9 cm³/mol. The quantitative estimate of drug-likeness (QED) is 0.875. The Morgan fingerprint density at radius 3 is 2.45 bits per heavy atom. The molecule has 0 heterocycles. The van der Waals surface area contributed by atoms with Gasteiger partial charge < -0.3 is 15.2 Å². The highest BCUT2D eigenvalue weighted by Gasteiger charge is 2.65. The highest BCUT2D eigenvalue weighted by Crippen LogP contribution is 2.58. The van der Waals surface area contributed by atoms with Crippen molar-refractivity contribution in [3.63, 3.8) is 0 Å². The van der Waals surface area contributed by atoms with Crippen LogP contribution in [0, 0.1) is 23.1 Å². The Labute approximate surface area is 128 Å². The molecule has 0 radical (unpaired) electrons. The standard InChI is InChI=1S/C16H20FNO4/c1-8(9-5-6-11(22-4)10(17)7-9)18-14(19)12-13(15(20)21)16(12,2)3/h5-8,12-13H,1-4H3,(H,18,19)(H,20,21)/t8?,12-,13+/m0/s1. The van der Waals surface area contributed by atoms with Crippen molar-refractivity contribution in [3.05, 3.63) is 29.6 Å². The molecule has 1 aromatic carbocycles. The fraction of sp³-hybridized carbons (Fsp3) is 0.500. The number of aliphatic carboxylic acids is 1. The smallest absolute Gasteiger partial charge is 0.307 e. The lowest BCUT2D eigenvalue weighted by atomic mass is 10.1. The number of amides is 1. The summed E-state index contributed by atoms with van der Waals surface area (Å²) in [7, 11) is 1.38. The number of carboxylic acids is 1. The van der Waals surface area contributed by atoms with Crippen LogP contribution in [0.3, 0.4) is 0 Å². The molecule has 3 atom stereocenters. The summed E-state index contributed by atoms with van der Waals surface area (Å²) in [6.07, 6.45) is 0. The zero-order chi connectivity index (χ0) is 16.7. The van der Waals surface area contributed by atoms with Crippen LogP contribution in [0.2, 0.25) is 0 Å². The average Bonchev–Trinajstić information content (AvgIpc) is 3.01. The maximum Gasteiger partial charge on any atom is 0.307 e. The van der Waals surface area contributed by atoms with Crippen LogP contribution in [0.5, 0.6) is 5.75 Å². The number of carboxylic acid groups (broad SMARTS) is 1. The van der Waals surface area contributed by atoms with E-state index < -0.39 is 35.1 Å². The first-order chi connectivity index (χ1) is 10.2. The lowest BCUT2D eigenvalue weighted by Crippen LogP contribution is -2.30. The van der Waals surface area contributed by atoms with Gasteiger partial charge >= 0.3 is 5.97 Å². The van der Waals surface area contributed by atoms with Crippen LogP contribution in [-0.2, 0) is 9.59 Å². The number of hydrogen-bond acceptors (Lipinski definition) is 3. The number of benzene rings is 1. The molecule has 120 valence electrons. The Kier molecular flexibility index (Phi) is 4.13. The highest BCUT2D eigenvalue weighted by molar-refractivity contribution is 5.91. The van der Waals surface area contributed by atoms with Gasteiger partial charge in [-0.3, -0.25) is 9.59 Å². The van der Waals surface area contributed by atoms with Crippen LogP contribution in [0.15, 0.2) is 18.2 Å². The molecule has 1 aliphatic rings. The van der Waals surface area contributed by atoms with Gasteiger partial charge in [-0.25, -0.2) is 4.39 Å². The van der Waals surface area contributed by atoms with Crippen LogP contribution in [0.25, 0.3) is 0 Å². The first-order valence-electron chi connectivity index (χ1n) is 7.06. The second-order valence-corrected chi connectivity index (χ2v) is 6.24. The highest BCUT2D eigenvalue weighted by atomic mass is 19.1. The van der Waals surface area contributed by atoms with Crippen LogP contribution < -0.4 is 10.1 Å². The summed E-state index contributed by atoms with van der Waals surface area (Å²) in [5.41, 5.74) is 0.0397. The molecule has 2 N–H and O–H groups in total. The minimum absolute atomic E-state index is 0.136. The summed E-state index contributed by atoms with van der Waals surface area (Å²) in [6.45, 7) is 5.24. The van der Waals surface area contributed by atoms with E-state index in [1.54, 1.807) is 26.8 Å². The molecule has 1 unspecified atom stereocenters. The molecule has 1 aromatic rings. The zero-order valence-corrected chi connectivity index (χ0v) is 13.0. The number of rotatable bonds is 5. The van der Waals surface area contributed by atoms with Gasteiger partial charge in [-0.15, -0.1) is 0 Å². The molecular weight excluding hydrogens is 289 g/mol. The van der Waals surface area contributed by atoms with Gasteiger partial charge in [-0.05, 0) is 30.0 Å². The van der Waals surface area contributed by atoms with E-state index in [9.17, 15) is 14.0 Å². The van der Waals surface area contributed by atoms with Gasteiger partial charge in [0.15, 0.2) is 11.6 Å². The third-order valence-corrected chi connectivity index (χ3v) is 4.41. The van der Waals surface area contributed by atoms with E-state index in [-0.39, 0.29) is 11.7 Å². The van der Waals surface area contributed by atoms with Gasteiger partial charge in [-0.2, -0.15) is 0 Å². The molecule has 5 nitrogen and oxygen atoms in total. The average molecular weight is 309 g/mol. The lowest BCUT2D eigenvalue weighted by molar-refractivity contribution is -0.140. The second-order valence-electron chi connectivity index (χ2n) is 6.24. The molecule has 22 heavy (non-hydrogen) atoms. The Bertz CT molecular complexity index is 614. The first-order valence-corrected chi connectivity index (χ1v) is 7.06. The molecule has 0 spiro atoms. The molecule has 1 fully saturated rings. The van der Waals surface area contributed by atoms with Gasteiger partial charge in [0.05, 0.1) is 25.0 Å². The molecular formula is C16H20FNO4. The topological polar surface area (TPSA) is 75.6 Å². The molecule has 1 aliphatic carbocycles. The van der Waals surface area contributed by atoms with Crippen LogP contribution in [0.1, 0.15) is 32.4 Å². The summed E-state index contributed by atoms with van der Waals surface area (Å²) < 4.78 is 18.5. The SMILES string of the molecule is COc1ccc(C(C)NC(=O)[C@@H]2[C@H](C(=O)O)C2(C)C)cc1F. The first kappa shape index (κ1) is 16.3. The fourth-order valence-electron chi connectivity index (χ4n) is 2.93. The number of carbonyl (C=O) groups excluding carboxylic acids is 1. The van der Waals surface area contributed by atoms with Crippen molar-refractivity contribution in [3.8, 4) is 5.75 Å². The van der Waals surface area contributed by atoms with Gasteiger partial charge in [-0.1, -0.05) is 19.9 Å². The van der Waals surface area contributed by atoms with Crippen molar-refractivity contribution in [2.75, 3.05) is 7.11 Å². The minimum atomic E-state index is -0.965. The van der Waals surface area contributed by atoms with Crippen molar-refractivity contribution in [2.24, 2.45) is 17.3 Å². The van der Waals surface area contributed by atoms with E-state index in [1.807, 2.05) is 0 Å². The van der Waals surface area contributed by atoms with E-state index >= 15 is 0 Å². The Morgan fingerprint density at radius 2 is 2.00 bits per heavy atom. The Morgan fingerprint density at radius 1 is 1.36 bits per heavy atom. The monoisotopic (exact) mass is 309 g/mol. The lowest BCUT2D eigenvalue weighted by Gasteiger charge is -2.15. The van der Waals surface area contributed by atoms with Crippen molar-refractivity contribution in [1.82, 2.24) is 5.32 Å². The number of ether oxygens (including phenoxy) is 1. The van der Waals surface area contributed by atoms with Gasteiger partial charge in [0, 0.05) is 0 Å². The largest absolute Gasteiger partial charge is 0.494 e. The Balaban J connectivity index is 2.06. The summed E-state index contributed by atoms with van der Waals surface area (Å²) in [6, 6.07) is 4.04. The van der Waals surface area contributed by atoms with Crippen molar-refractivity contribution in [2.45, 2.75) is 26.8 Å². The third-order valence-electron chi connectivity index (χ3n) is 4.41. The number of methoxy groups -OCH3 is 1. The van der Waals surface area contributed by atoms with Crippen molar-refractivity contribution < 1.29 is 23.8 Å². The second kappa shape index (κ2) is 5.59. The van der Waals surface area contributed by atoms with E-state index in [0.717, 1.165) is 0 Å². The minimum Gasteiger partial charge on any atom is -0.494 e.